The Hall–Kier alpha value is -3.44. The second-order valence-electron chi connectivity index (χ2n) is 7.51. The number of rotatable bonds is 6. The van der Waals surface area contributed by atoms with Gasteiger partial charge in [-0.1, -0.05) is 6.92 Å². The van der Waals surface area contributed by atoms with Crippen molar-refractivity contribution in [3.8, 4) is 6.07 Å². The molecular weight excluding hydrogens is 376 g/mol. The maximum atomic E-state index is 9.71. The van der Waals surface area contributed by atoms with Crippen LogP contribution in [0, 0.1) is 16.7 Å². The Kier molecular flexibility index (Phi) is 5.63. The summed E-state index contributed by atoms with van der Waals surface area (Å²) in [6.45, 7) is 5.36. The number of nitrogens with zero attached hydrogens (tertiary/aromatic N) is 4. The van der Waals surface area contributed by atoms with Crippen LogP contribution in [0.25, 0.3) is 27.5 Å². The standard InChI is InChI=1S/C22H26N8/c1-3-30-6-4-16(5-7-30)28-21-18(10-24)26-13-19-20(21)17-8-14(12-27-22(17)29-19)15(9-23)11-25-2/h8-9,11-13,16,23,25,28H,3-7H2,1-2H3,(H,27,29)/b15-11+,23-9?. The van der Waals surface area contributed by atoms with Gasteiger partial charge in [0.15, 0.2) is 5.69 Å². The summed E-state index contributed by atoms with van der Waals surface area (Å²) in [7, 11) is 1.80. The summed E-state index contributed by atoms with van der Waals surface area (Å²) in [5, 5.41) is 25.9. The summed E-state index contributed by atoms with van der Waals surface area (Å²) in [6.07, 6.45) is 8.58. The number of aromatic amines is 1. The molecule has 8 nitrogen and oxygen atoms in total. The van der Waals surface area contributed by atoms with E-state index >= 15 is 0 Å². The second-order valence-corrected chi connectivity index (χ2v) is 7.51. The number of hydrogen-bond acceptors (Lipinski definition) is 7. The van der Waals surface area contributed by atoms with Gasteiger partial charge in [-0.3, -0.25) is 0 Å². The number of likely N-dealkylation sites (tertiary alicyclic amines) is 1. The van der Waals surface area contributed by atoms with E-state index in [1.807, 2.05) is 6.07 Å². The van der Waals surface area contributed by atoms with Crippen LogP contribution in [-0.4, -0.2) is 58.8 Å². The van der Waals surface area contributed by atoms with E-state index < -0.39 is 0 Å². The first-order valence-electron chi connectivity index (χ1n) is 10.3. The number of aromatic nitrogens is 3. The monoisotopic (exact) mass is 402 g/mol. The van der Waals surface area contributed by atoms with E-state index in [0.717, 1.165) is 71.2 Å². The second kappa shape index (κ2) is 8.51. The van der Waals surface area contributed by atoms with Crippen molar-refractivity contribution in [3.05, 3.63) is 35.9 Å². The van der Waals surface area contributed by atoms with Crippen LogP contribution in [0.1, 0.15) is 31.0 Å². The van der Waals surface area contributed by atoms with Gasteiger partial charge >= 0.3 is 0 Å². The lowest BCUT2D eigenvalue weighted by Crippen LogP contribution is -2.39. The molecule has 1 fully saturated rings. The smallest absolute Gasteiger partial charge is 0.164 e. The summed E-state index contributed by atoms with van der Waals surface area (Å²) in [6, 6.07) is 4.56. The Morgan fingerprint density at radius 3 is 2.83 bits per heavy atom. The van der Waals surface area contributed by atoms with Gasteiger partial charge in [-0.05, 0) is 25.5 Å². The van der Waals surface area contributed by atoms with Crippen molar-refractivity contribution in [2.24, 2.45) is 0 Å². The predicted molar refractivity (Wildman–Crippen MR) is 121 cm³/mol. The van der Waals surface area contributed by atoms with E-state index in [2.05, 4.69) is 43.5 Å². The molecule has 0 radical (unpaired) electrons. The number of nitriles is 1. The van der Waals surface area contributed by atoms with Crippen LogP contribution in [0.5, 0.6) is 0 Å². The van der Waals surface area contributed by atoms with Gasteiger partial charge in [0.1, 0.15) is 11.7 Å². The molecule has 154 valence electrons. The van der Waals surface area contributed by atoms with Gasteiger partial charge in [0.25, 0.3) is 0 Å². The maximum absolute atomic E-state index is 9.71. The third-order valence-corrected chi connectivity index (χ3v) is 5.77. The quantitative estimate of drug-likeness (QED) is 0.471. The van der Waals surface area contributed by atoms with Crippen molar-refractivity contribution in [2.75, 3.05) is 32.0 Å². The Labute approximate surface area is 175 Å². The predicted octanol–water partition coefficient (Wildman–Crippen LogP) is 3.09. The topological polar surface area (TPSA) is 117 Å². The van der Waals surface area contributed by atoms with Crippen LogP contribution in [0.15, 0.2) is 24.7 Å². The molecule has 0 unspecified atom stereocenters. The van der Waals surface area contributed by atoms with Crippen molar-refractivity contribution in [1.29, 1.82) is 10.7 Å². The highest BCUT2D eigenvalue weighted by Gasteiger charge is 2.22. The van der Waals surface area contributed by atoms with E-state index in [4.69, 9.17) is 5.41 Å². The van der Waals surface area contributed by atoms with Crippen molar-refractivity contribution in [1.82, 2.24) is 25.2 Å². The summed E-state index contributed by atoms with van der Waals surface area (Å²) < 4.78 is 0. The zero-order chi connectivity index (χ0) is 21.1. The summed E-state index contributed by atoms with van der Waals surface area (Å²) in [5.41, 5.74) is 4.32. The fourth-order valence-corrected chi connectivity index (χ4v) is 4.11. The molecule has 0 atom stereocenters. The molecule has 30 heavy (non-hydrogen) atoms. The Balaban J connectivity index is 1.82. The summed E-state index contributed by atoms with van der Waals surface area (Å²) in [4.78, 5) is 14.7. The number of hydrogen-bond donors (Lipinski definition) is 4. The van der Waals surface area contributed by atoms with E-state index in [-0.39, 0.29) is 0 Å². The van der Waals surface area contributed by atoms with Gasteiger partial charge in [0.2, 0.25) is 0 Å². The lowest BCUT2D eigenvalue weighted by molar-refractivity contribution is 0.229. The van der Waals surface area contributed by atoms with Gasteiger partial charge in [0, 0.05) is 66.7 Å². The molecule has 0 amide bonds. The third kappa shape index (κ3) is 3.60. The van der Waals surface area contributed by atoms with Crippen LogP contribution >= 0.6 is 0 Å². The van der Waals surface area contributed by atoms with Crippen molar-refractivity contribution < 1.29 is 0 Å². The number of pyridine rings is 2. The molecule has 3 aromatic heterocycles. The molecule has 0 spiro atoms. The fourth-order valence-electron chi connectivity index (χ4n) is 4.11. The van der Waals surface area contributed by atoms with Gasteiger partial charge in [-0.2, -0.15) is 5.26 Å². The van der Waals surface area contributed by atoms with E-state index in [1.165, 1.54) is 6.21 Å². The van der Waals surface area contributed by atoms with Crippen LogP contribution < -0.4 is 10.6 Å². The van der Waals surface area contributed by atoms with E-state index in [0.29, 0.717) is 11.7 Å². The van der Waals surface area contributed by atoms with Crippen molar-refractivity contribution in [3.63, 3.8) is 0 Å². The third-order valence-electron chi connectivity index (χ3n) is 5.77. The van der Waals surface area contributed by atoms with Gasteiger partial charge < -0.3 is 25.9 Å². The number of H-pyrrole nitrogens is 1. The minimum atomic E-state index is 0.301. The lowest BCUT2D eigenvalue weighted by atomic mass is 10.0. The number of anilines is 1. The highest BCUT2D eigenvalue weighted by molar-refractivity contribution is 6.15. The molecule has 1 aliphatic heterocycles. The van der Waals surface area contributed by atoms with Crippen molar-refractivity contribution in [2.45, 2.75) is 25.8 Å². The molecule has 0 saturated carbocycles. The molecule has 8 heteroatoms. The first-order chi connectivity index (χ1) is 14.7. The number of fused-ring (bicyclic) bond motifs is 3. The molecule has 0 aliphatic carbocycles. The fraction of sp³-hybridized carbons (Fsp3) is 0.364. The zero-order valence-electron chi connectivity index (χ0n) is 17.3. The van der Waals surface area contributed by atoms with Gasteiger partial charge in [0.05, 0.1) is 17.4 Å². The largest absolute Gasteiger partial charge is 0.393 e. The highest BCUT2D eigenvalue weighted by Crippen LogP contribution is 2.34. The van der Waals surface area contributed by atoms with Crippen LogP contribution in [-0.2, 0) is 0 Å². The molecule has 4 heterocycles. The van der Waals surface area contributed by atoms with Gasteiger partial charge in [-0.15, -0.1) is 0 Å². The highest BCUT2D eigenvalue weighted by atomic mass is 15.1. The Morgan fingerprint density at radius 2 is 2.17 bits per heavy atom. The van der Waals surface area contributed by atoms with E-state index in [9.17, 15) is 5.26 Å². The minimum absolute atomic E-state index is 0.301. The molecule has 4 N–H and O–H groups in total. The Bertz CT molecular complexity index is 1150. The van der Waals surface area contributed by atoms with Crippen LogP contribution in [0.2, 0.25) is 0 Å². The first kappa shape index (κ1) is 19.9. The average Bonchev–Trinajstić information content (AvgIpc) is 3.16. The Morgan fingerprint density at radius 1 is 1.37 bits per heavy atom. The van der Waals surface area contributed by atoms with Crippen molar-refractivity contribution >= 4 is 39.4 Å². The molecule has 1 aliphatic rings. The lowest BCUT2D eigenvalue weighted by Gasteiger charge is -2.32. The summed E-state index contributed by atoms with van der Waals surface area (Å²) >= 11 is 0. The van der Waals surface area contributed by atoms with Crippen LogP contribution in [0.4, 0.5) is 5.69 Å². The first-order valence-corrected chi connectivity index (χ1v) is 10.3. The molecular formula is C22H26N8. The summed E-state index contributed by atoms with van der Waals surface area (Å²) in [5.74, 6) is 0. The molecule has 4 rings (SSSR count). The molecule has 1 saturated heterocycles. The number of nitrogens with one attached hydrogen (secondary N) is 4. The number of piperidine rings is 1. The SMILES string of the molecule is CCN1CCC(Nc2c(C#N)ncc3[nH]c4ncc(/C(C=N)=C/NC)cc4c23)CC1. The molecule has 0 aromatic carbocycles. The molecule has 0 bridgehead atoms. The average molecular weight is 403 g/mol. The van der Waals surface area contributed by atoms with E-state index in [1.54, 1.807) is 25.6 Å². The van der Waals surface area contributed by atoms with Crippen LogP contribution in [0.3, 0.4) is 0 Å². The number of allylic oxidation sites excluding steroid dienone is 1. The maximum Gasteiger partial charge on any atom is 0.164 e. The van der Waals surface area contributed by atoms with Gasteiger partial charge in [-0.25, -0.2) is 9.97 Å². The zero-order valence-corrected chi connectivity index (χ0v) is 17.3. The molecule has 3 aromatic rings. The minimum Gasteiger partial charge on any atom is -0.393 e. The normalized spacial score (nSPS) is 16.0.